The van der Waals surface area contributed by atoms with Crippen molar-refractivity contribution in [2.45, 2.75) is 38.1 Å². The Balaban J connectivity index is 1.11. The van der Waals surface area contributed by atoms with Crippen LogP contribution in [-0.4, -0.2) is 54.9 Å². The average molecular weight is 512 g/mol. The molecule has 2 saturated heterocycles. The standard InChI is InChI=1S/C32H37N3O3/c1-38-30-12-6-5-11-29(30)31(36)33-28-15-13-25(14-16-28)26-17-20-35(21-18-26)32(37)27-10-7-19-34(23-27)22-24-8-3-2-4-9-24/h2-6,8-9,11-16,26-27H,7,10,17-23H2,1H3,(H,33,36). The van der Waals surface area contributed by atoms with Gasteiger partial charge in [0.1, 0.15) is 5.75 Å². The summed E-state index contributed by atoms with van der Waals surface area (Å²) in [6.07, 6.45) is 4.02. The van der Waals surface area contributed by atoms with Crippen LogP contribution in [0.3, 0.4) is 0 Å². The van der Waals surface area contributed by atoms with Crippen LogP contribution in [0.4, 0.5) is 5.69 Å². The summed E-state index contributed by atoms with van der Waals surface area (Å²) in [5.74, 6) is 1.23. The predicted molar refractivity (Wildman–Crippen MR) is 150 cm³/mol. The Morgan fingerprint density at radius 3 is 2.32 bits per heavy atom. The monoisotopic (exact) mass is 511 g/mol. The van der Waals surface area contributed by atoms with Crippen molar-refractivity contribution >= 4 is 17.5 Å². The Bertz CT molecular complexity index is 1220. The molecule has 0 aliphatic carbocycles. The molecular formula is C32H37N3O3. The van der Waals surface area contributed by atoms with Crippen molar-refractivity contribution in [2.75, 3.05) is 38.6 Å². The minimum Gasteiger partial charge on any atom is -0.496 e. The summed E-state index contributed by atoms with van der Waals surface area (Å²) in [6.45, 7) is 4.46. The maximum absolute atomic E-state index is 13.4. The zero-order valence-corrected chi connectivity index (χ0v) is 22.1. The van der Waals surface area contributed by atoms with Gasteiger partial charge in [0.05, 0.1) is 18.6 Å². The van der Waals surface area contributed by atoms with Gasteiger partial charge in [0.2, 0.25) is 5.91 Å². The second kappa shape index (κ2) is 12.3. The minimum absolute atomic E-state index is 0.107. The number of amides is 2. The van der Waals surface area contributed by atoms with E-state index in [0.717, 1.165) is 64.1 Å². The van der Waals surface area contributed by atoms with E-state index in [4.69, 9.17) is 4.74 Å². The summed E-state index contributed by atoms with van der Waals surface area (Å²) >= 11 is 0. The van der Waals surface area contributed by atoms with Crippen LogP contribution in [-0.2, 0) is 11.3 Å². The highest BCUT2D eigenvalue weighted by molar-refractivity contribution is 6.06. The lowest BCUT2D eigenvalue weighted by Crippen LogP contribution is -2.46. The molecule has 3 aromatic carbocycles. The molecule has 2 amide bonds. The second-order valence-corrected chi connectivity index (χ2v) is 10.4. The molecule has 6 nitrogen and oxygen atoms in total. The topological polar surface area (TPSA) is 61.9 Å². The number of carbonyl (C=O) groups is 2. The van der Waals surface area contributed by atoms with Crippen molar-refractivity contribution in [1.82, 2.24) is 9.80 Å². The van der Waals surface area contributed by atoms with E-state index in [9.17, 15) is 9.59 Å². The Labute approximate surface area is 225 Å². The van der Waals surface area contributed by atoms with E-state index in [1.165, 1.54) is 11.1 Å². The fourth-order valence-electron chi connectivity index (χ4n) is 5.80. The lowest BCUT2D eigenvalue weighted by Gasteiger charge is -2.38. The number of nitrogens with zero attached hydrogens (tertiary/aromatic N) is 2. The van der Waals surface area contributed by atoms with Gasteiger partial charge < -0.3 is 15.0 Å². The largest absolute Gasteiger partial charge is 0.496 e. The van der Waals surface area contributed by atoms with Crippen LogP contribution in [0.25, 0.3) is 0 Å². The molecule has 2 heterocycles. The summed E-state index contributed by atoms with van der Waals surface area (Å²) in [6, 6.07) is 25.9. The molecule has 0 radical (unpaired) electrons. The van der Waals surface area contributed by atoms with Crippen LogP contribution in [0.5, 0.6) is 5.75 Å². The smallest absolute Gasteiger partial charge is 0.259 e. The summed E-state index contributed by atoms with van der Waals surface area (Å²) < 4.78 is 5.30. The molecule has 0 aromatic heterocycles. The number of hydrogen-bond acceptors (Lipinski definition) is 4. The Hall–Kier alpha value is -3.64. The summed E-state index contributed by atoms with van der Waals surface area (Å²) in [5, 5.41) is 2.96. The number of likely N-dealkylation sites (tertiary alicyclic amines) is 2. The van der Waals surface area contributed by atoms with Crippen LogP contribution in [0.15, 0.2) is 78.9 Å². The van der Waals surface area contributed by atoms with Gasteiger partial charge in [0, 0.05) is 31.9 Å². The third-order valence-corrected chi connectivity index (χ3v) is 7.90. The van der Waals surface area contributed by atoms with E-state index >= 15 is 0 Å². The number of benzene rings is 3. The van der Waals surface area contributed by atoms with Crippen LogP contribution in [0.1, 0.15) is 53.1 Å². The highest BCUT2D eigenvalue weighted by atomic mass is 16.5. The van der Waals surface area contributed by atoms with Crippen LogP contribution >= 0.6 is 0 Å². The molecule has 38 heavy (non-hydrogen) atoms. The number of methoxy groups -OCH3 is 1. The first-order chi connectivity index (χ1) is 18.6. The highest BCUT2D eigenvalue weighted by Gasteiger charge is 2.31. The Kier molecular flexibility index (Phi) is 8.39. The fourth-order valence-corrected chi connectivity index (χ4v) is 5.80. The Morgan fingerprint density at radius 2 is 1.58 bits per heavy atom. The molecule has 198 valence electrons. The molecule has 1 N–H and O–H groups in total. The number of para-hydroxylation sites is 1. The van der Waals surface area contributed by atoms with Gasteiger partial charge in [-0.3, -0.25) is 14.5 Å². The summed E-state index contributed by atoms with van der Waals surface area (Å²) in [7, 11) is 1.57. The van der Waals surface area contributed by atoms with E-state index in [1.807, 2.05) is 30.3 Å². The van der Waals surface area contributed by atoms with Gasteiger partial charge in [-0.05, 0) is 73.5 Å². The van der Waals surface area contributed by atoms with Gasteiger partial charge in [0.25, 0.3) is 5.91 Å². The second-order valence-electron chi connectivity index (χ2n) is 10.4. The van der Waals surface area contributed by atoms with E-state index < -0.39 is 0 Å². The molecular weight excluding hydrogens is 474 g/mol. The average Bonchev–Trinajstić information content (AvgIpc) is 2.98. The fraction of sp³-hybridized carbons (Fsp3) is 0.375. The lowest BCUT2D eigenvalue weighted by molar-refractivity contribution is -0.138. The van der Waals surface area contributed by atoms with E-state index in [2.05, 4.69) is 51.5 Å². The van der Waals surface area contributed by atoms with E-state index in [-0.39, 0.29) is 11.8 Å². The van der Waals surface area contributed by atoms with Crippen LogP contribution < -0.4 is 10.1 Å². The first-order valence-electron chi connectivity index (χ1n) is 13.7. The molecule has 0 spiro atoms. The van der Waals surface area contributed by atoms with Crippen LogP contribution in [0, 0.1) is 5.92 Å². The first kappa shape index (κ1) is 26.0. The molecule has 5 rings (SSSR count). The quantitative estimate of drug-likeness (QED) is 0.451. The first-order valence-corrected chi connectivity index (χ1v) is 13.7. The molecule has 2 aliphatic rings. The third kappa shape index (κ3) is 6.25. The number of hydrogen-bond donors (Lipinski definition) is 1. The maximum Gasteiger partial charge on any atom is 0.259 e. The van der Waals surface area contributed by atoms with E-state index in [1.54, 1.807) is 19.2 Å². The van der Waals surface area contributed by atoms with Crippen LogP contribution in [0.2, 0.25) is 0 Å². The summed E-state index contributed by atoms with van der Waals surface area (Å²) in [4.78, 5) is 30.6. The minimum atomic E-state index is -0.188. The van der Waals surface area contributed by atoms with E-state index in [0.29, 0.717) is 23.1 Å². The maximum atomic E-state index is 13.4. The molecule has 1 unspecified atom stereocenters. The molecule has 3 aromatic rings. The predicted octanol–water partition coefficient (Wildman–Crippen LogP) is 5.57. The molecule has 0 bridgehead atoms. The van der Waals surface area contributed by atoms with Crippen molar-refractivity contribution in [2.24, 2.45) is 5.92 Å². The van der Waals surface area contributed by atoms with Crippen molar-refractivity contribution in [3.8, 4) is 5.75 Å². The van der Waals surface area contributed by atoms with Gasteiger partial charge in [-0.2, -0.15) is 0 Å². The molecule has 1 atom stereocenters. The zero-order valence-electron chi connectivity index (χ0n) is 22.1. The highest BCUT2D eigenvalue weighted by Crippen LogP contribution is 2.31. The number of piperidine rings is 2. The summed E-state index contributed by atoms with van der Waals surface area (Å²) in [5.41, 5.74) is 3.85. The van der Waals surface area contributed by atoms with Crippen molar-refractivity contribution < 1.29 is 14.3 Å². The number of rotatable bonds is 7. The van der Waals surface area contributed by atoms with Crippen molar-refractivity contribution in [3.05, 3.63) is 95.6 Å². The Morgan fingerprint density at radius 1 is 0.868 bits per heavy atom. The number of carbonyl (C=O) groups excluding carboxylic acids is 2. The van der Waals surface area contributed by atoms with Crippen molar-refractivity contribution in [1.29, 1.82) is 0 Å². The molecule has 2 aliphatic heterocycles. The number of anilines is 1. The molecule has 0 saturated carbocycles. The van der Waals surface area contributed by atoms with Gasteiger partial charge in [0.15, 0.2) is 0 Å². The van der Waals surface area contributed by atoms with Gasteiger partial charge in [-0.15, -0.1) is 0 Å². The van der Waals surface area contributed by atoms with Crippen molar-refractivity contribution in [3.63, 3.8) is 0 Å². The number of nitrogens with one attached hydrogen (secondary N) is 1. The normalized spacial score (nSPS) is 18.7. The lowest BCUT2D eigenvalue weighted by atomic mass is 9.88. The number of ether oxygens (including phenoxy) is 1. The third-order valence-electron chi connectivity index (χ3n) is 7.90. The zero-order chi connectivity index (χ0) is 26.3. The van der Waals surface area contributed by atoms with Gasteiger partial charge in [-0.25, -0.2) is 0 Å². The SMILES string of the molecule is COc1ccccc1C(=O)Nc1ccc(C2CCN(C(=O)C3CCCN(Cc4ccccc4)C3)CC2)cc1. The van der Waals surface area contributed by atoms with Gasteiger partial charge in [-0.1, -0.05) is 54.6 Å². The van der Waals surface area contributed by atoms with Gasteiger partial charge >= 0.3 is 0 Å². The molecule has 6 heteroatoms. The molecule has 2 fully saturated rings.